The molecule has 0 aromatic heterocycles. The molecule has 21 heavy (non-hydrogen) atoms. The van der Waals surface area contributed by atoms with Gasteiger partial charge in [0.1, 0.15) is 24.2 Å². The van der Waals surface area contributed by atoms with E-state index in [4.69, 9.17) is 4.74 Å². The number of hydrogen-bond acceptors (Lipinski definition) is 3. The molecule has 5 heteroatoms. The minimum atomic E-state index is -0.412. The molecule has 0 unspecified atom stereocenters. The lowest BCUT2D eigenvalue weighted by Gasteiger charge is -2.60. The van der Waals surface area contributed by atoms with Gasteiger partial charge >= 0.3 is 6.09 Å². The highest BCUT2D eigenvalue weighted by molar-refractivity contribution is 5.68. The molecule has 0 aromatic carbocycles. The predicted molar refractivity (Wildman–Crippen MR) is 83.7 cm³/mol. The average Bonchev–Trinajstić information content (AvgIpc) is 2.23. The molecule has 2 fully saturated rings. The van der Waals surface area contributed by atoms with Crippen LogP contribution < -0.4 is 0 Å². The smallest absolute Gasteiger partial charge is 0.410 e. The quantitative estimate of drug-likeness (QED) is 0.697. The molecule has 122 valence electrons. The van der Waals surface area contributed by atoms with Crippen molar-refractivity contribution in [2.24, 2.45) is 0 Å². The Morgan fingerprint density at radius 3 is 1.81 bits per heavy atom. The number of ether oxygens (including phenoxy) is 1. The Labute approximate surface area is 129 Å². The van der Waals surface area contributed by atoms with Crippen molar-refractivity contribution in [3.05, 3.63) is 0 Å². The van der Waals surface area contributed by atoms with E-state index >= 15 is 0 Å². The van der Waals surface area contributed by atoms with Gasteiger partial charge in [0, 0.05) is 19.5 Å². The van der Waals surface area contributed by atoms with E-state index < -0.39 is 5.60 Å². The first-order valence-corrected chi connectivity index (χ1v) is 8.16. The first-order valence-electron chi connectivity index (χ1n) is 8.16. The Balaban J connectivity index is 1.93. The van der Waals surface area contributed by atoms with Crippen LogP contribution in [0.5, 0.6) is 0 Å². The first-order chi connectivity index (χ1) is 9.55. The highest BCUT2D eigenvalue weighted by Crippen LogP contribution is 2.35. The van der Waals surface area contributed by atoms with Crippen LogP contribution in [0.4, 0.5) is 4.79 Å². The van der Waals surface area contributed by atoms with Crippen molar-refractivity contribution in [1.29, 1.82) is 0 Å². The fraction of sp³-hybridized carbons (Fsp3) is 0.938. The largest absolute Gasteiger partial charge is 0.444 e. The Hall–Kier alpha value is -0.810. The van der Waals surface area contributed by atoms with E-state index in [-0.39, 0.29) is 11.6 Å². The summed E-state index contributed by atoms with van der Waals surface area (Å²) in [7, 11) is 0. The standard InChI is InChI=1S/C16H32N3O2/c1-15(2,3)19(12-7-13-19)18-10-8-17(9-11-18)14(20)21-16(4,5)6/h7-13H2,1-6H3/q+1. The minimum absolute atomic E-state index is 0.173. The summed E-state index contributed by atoms with van der Waals surface area (Å²) in [6.45, 7) is 18.6. The van der Waals surface area contributed by atoms with E-state index in [2.05, 4.69) is 25.8 Å². The molecule has 2 aliphatic rings. The van der Waals surface area contributed by atoms with Crippen LogP contribution in [0.3, 0.4) is 0 Å². The summed E-state index contributed by atoms with van der Waals surface area (Å²) in [5.41, 5.74) is -0.169. The zero-order chi connectivity index (χ0) is 15.9. The van der Waals surface area contributed by atoms with Crippen molar-refractivity contribution in [3.8, 4) is 0 Å². The van der Waals surface area contributed by atoms with Crippen molar-refractivity contribution < 1.29 is 14.1 Å². The number of carbonyl (C=O) groups is 1. The van der Waals surface area contributed by atoms with Crippen LogP contribution in [0.15, 0.2) is 0 Å². The zero-order valence-corrected chi connectivity index (χ0v) is 14.6. The predicted octanol–water partition coefficient (Wildman–Crippen LogP) is 2.47. The molecule has 0 aromatic rings. The number of likely N-dealkylation sites (tertiary alicyclic amines) is 1. The maximum Gasteiger partial charge on any atom is 0.410 e. The second kappa shape index (κ2) is 5.43. The summed E-state index contributed by atoms with van der Waals surface area (Å²) in [5.74, 6) is 0. The summed E-state index contributed by atoms with van der Waals surface area (Å²) < 4.78 is 6.55. The number of amides is 1. The highest BCUT2D eigenvalue weighted by atomic mass is 16.6. The van der Waals surface area contributed by atoms with Crippen molar-refractivity contribution in [3.63, 3.8) is 0 Å². The SMILES string of the molecule is CC(C)(C)OC(=O)N1CCN([N+]2(C(C)(C)C)CCC2)CC1. The van der Waals surface area contributed by atoms with Crippen LogP contribution in [0, 0.1) is 0 Å². The van der Waals surface area contributed by atoms with Crippen LogP contribution in [-0.4, -0.2) is 71.0 Å². The van der Waals surface area contributed by atoms with Crippen LogP contribution in [0.1, 0.15) is 48.0 Å². The number of hydrogen-bond donors (Lipinski definition) is 0. The molecule has 2 aliphatic heterocycles. The molecule has 1 amide bonds. The number of rotatable bonds is 1. The third-order valence-corrected chi connectivity index (χ3v) is 4.75. The van der Waals surface area contributed by atoms with Crippen LogP contribution in [-0.2, 0) is 4.74 Å². The van der Waals surface area contributed by atoms with E-state index in [1.165, 1.54) is 19.5 Å². The van der Waals surface area contributed by atoms with Crippen molar-refractivity contribution in [2.45, 2.75) is 59.1 Å². The lowest BCUT2D eigenvalue weighted by molar-refractivity contribution is -1.10. The summed E-state index contributed by atoms with van der Waals surface area (Å²) in [6.07, 6.45) is 1.14. The summed E-state index contributed by atoms with van der Waals surface area (Å²) >= 11 is 0. The molecule has 5 nitrogen and oxygen atoms in total. The second-order valence-electron chi connectivity index (χ2n) is 8.32. The third kappa shape index (κ3) is 3.34. The van der Waals surface area contributed by atoms with E-state index in [9.17, 15) is 4.79 Å². The highest BCUT2D eigenvalue weighted by Gasteiger charge is 2.51. The number of quaternary nitrogens is 1. The van der Waals surface area contributed by atoms with Gasteiger partial charge in [-0.05, 0) is 41.5 Å². The number of piperazine rings is 1. The molecule has 2 saturated heterocycles. The lowest BCUT2D eigenvalue weighted by Crippen LogP contribution is -2.77. The van der Waals surface area contributed by atoms with E-state index in [1.807, 2.05) is 25.7 Å². The van der Waals surface area contributed by atoms with E-state index in [1.54, 1.807) is 0 Å². The minimum Gasteiger partial charge on any atom is -0.444 e. The average molecular weight is 298 g/mol. The van der Waals surface area contributed by atoms with Gasteiger partial charge in [0.05, 0.1) is 13.1 Å². The maximum atomic E-state index is 12.1. The van der Waals surface area contributed by atoms with Crippen molar-refractivity contribution in [1.82, 2.24) is 9.91 Å². The van der Waals surface area contributed by atoms with Crippen molar-refractivity contribution >= 4 is 6.09 Å². The zero-order valence-electron chi connectivity index (χ0n) is 14.6. The van der Waals surface area contributed by atoms with Crippen LogP contribution in [0.25, 0.3) is 0 Å². The van der Waals surface area contributed by atoms with Crippen molar-refractivity contribution in [2.75, 3.05) is 39.3 Å². The molecule has 0 N–H and O–H groups in total. The molecule has 2 rings (SSSR count). The van der Waals surface area contributed by atoms with Gasteiger partial charge in [-0.1, -0.05) is 0 Å². The maximum absolute atomic E-state index is 12.1. The molecule has 0 aliphatic carbocycles. The molecule has 0 spiro atoms. The fourth-order valence-corrected chi connectivity index (χ4v) is 3.42. The number of nitrogens with zero attached hydrogens (tertiary/aromatic N) is 3. The normalized spacial score (nSPS) is 23.6. The van der Waals surface area contributed by atoms with Gasteiger partial charge in [-0.15, -0.1) is 0 Å². The third-order valence-electron chi connectivity index (χ3n) is 4.75. The van der Waals surface area contributed by atoms with Gasteiger partial charge in [0.25, 0.3) is 0 Å². The second-order valence-corrected chi connectivity index (χ2v) is 8.32. The molecule has 0 radical (unpaired) electrons. The van der Waals surface area contributed by atoms with Gasteiger partial charge in [-0.25, -0.2) is 9.39 Å². The van der Waals surface area contributed by atoms with Gasteiger partial charge < -0.3 is 9.64 Å². The first kappa shape index (κ1) is 16.6. The Morgan fingerprint density at radius 1 is 0.952 bits per heavy atom. The van der Waals surface area contributed by atoms with Gasteiger partial charge in [0.15, 0.2) is 0 Å². The summed E-state index contributed by atoms with van der Waals surface area (Å²) in [4.78, 5) is 14.0. The van der Waals surface area contributed by atoms with Gasteiger partial charge in [-0.3, -0.25) is 0 Å². The molecule has 0 atom stereocenters. The molecule has 0 saturated carbocycles. The Kier molecular flexibility index (Phi) is 4.28. The van der Waals surface area contributed by atoms with Gasteiger partial charge in [0.2, 0.25) is 0 Å². The van der Waals surface area contributed by atoms with E-state index in [0.717, 1.165) is 30.8 Å². The topological polar surface area (TPSA) is 32.8 Å². The Morgan fingerprint density at radius 2 is 1.48 bits per heavy atom. The molecular formula is C16H32N3O2+. The lowest BCUT2D eigenvalue weighted by atomic mass is 9.97. The molecular weight excluding hydrogens is 266 g/mol. The van der Waals surface area contributed by atoms with Gasteiger partial charge in [-0.2, -0.15) is 5.01 Å². The van der Waals surface area contributed by atoms with E-state index in [0.29, 0.717) is 0 Å². The molecule has 0 bridgehead atoms. The Bertz CT molecular complexity index is 383. The van der Waals surface area contributed by atoms with Crippen LogP contribution >= 0.6 is 0 Å². The summed E-state index contributed by atoms with van der Waals surface area (Å²) in [6, 6.07) is 0. The summed E-state index contributed by atoms with van der Waals surface area (Å²) in [5, 5.41) is 2.56. The van der Waals surface area contributed by atoms with Crippen LogP contribution in [0.2, 0.25) is 0 Å². The fourth-order valence-electron chi connectivity index (χ4n) is 3.42. The number of carbonyl (C=O) groups excluding carboxylic acids is 1. The monoisotopic (exact) mass is 298 g/mol. The molecule has 2 heterocycles.